The SMILES string of the molecule is CC/C=C\C/C=C\C/C=C\C/C=C\C/C=C\CCCCCCCCCCCCCCCC(=O)OCC(COC(=O)CCCCCCCCC/C=C\CCCCCCCC)OC(=O)CCCCC/C=C\C/C=C\C/C=C\C/C=C\C/C=C\CC. The van der Waals surface area contributed by atoms with Gasteiger partial charge in [0.15, 0.2) is 6.10 Å². The van der Waals surface area contributed by atoms with Crippen molar-refractivity contribution in [2.24, 2.45) is 0 Å². The maximum Gasteiger partial charge on any atom is 0.306 e. The first-order valence-corrected chi connectivity index (χ1v) is 34.7. The molecule has 0 N–H and O–H groups in total. The molecule has 0 aromatic heterocycles. The molecule has 0 aromatic rings. The highest BCUT2D eigenvalue weighted by molar-refractivity contribution is 5.71. The third-order valence-corrected chi connectivity index (χ3v) is 14.6. The average Bonchev–Trinajstić information content (AvgIpc) is 3.49. The molecule has 1 atom stereocenters. The molecule has 0 spiro atoms. The topological polar surface area (TPSA) is 78.9 Å². The van der Waals surface area contributed by atoms with Gasteiger partial charge in [-0.25, -0.2) is 0 Å². The number of carbonyl (C=O) groups excluding carboxylic acids is 3. The molecular weight excluding hydrogens is 1020 g/mol. The molecule has 83 heavy (non-hydrogen) atoms. The van der Waals surface area contributed by atoms with E-state index in [1.807, 2.05) is 0 Å². The van der Waals surface area contributed by atoms with Gasteiger partial charge in [-0.05, 0) is 135 Å². The van der Waals surface area contributed by atoms with Crippen LogP contribution in [0.25, 0.3) is 0 Å². The van der Waals surface area contributed by atoms with Crippen molar-refractivity contribution in [3.8, 4) is 0 Å². The van der Waals surface area contributed by atoms with Crippen LogP contribution < -0.4 is 0 Å². The number of hydrogen-bond acceptors (Lipinski definition) is 6. The molecular formula is C77H128O6. The van der Waals surface area contributed by atoms with Crippen LogP contribution in [0, 0.1) is 0 Å². The normalized spacial score (nSPS) is 13.0. The van der Waals surface area contributed by atoms with E-state index in [-0.39, 0.29) is 37.5 Å². The van der Waals surface area contributed by atoms with Crippen LogP contribution in [0.2, 0.25) is 0 Å². The molecule has 0 radical (unpaired) electrons. The summed E-state index contributed by atoms with van der Waals surface area (Å²) in [5.74, 6) is -0.925. The maximum absolute atomic E-state index is 12.9. The summed E-state index contributed by atoms with van der Waals surface area (Å²) in [6.45, 7) is 6.40. The van der Waals surface area contributed by atoms with Crippen LogP contribution >= 0.6 is 0 Å². The van der Waals surface area contributed by atoms with Crippen LogP contribution in [-0.2, 0) is 28.6 Å². The molecule has 1 unspecified atom stereocenters. The first-order valence-electron chi connectivity index (χ1n) is 34.7. The fourth-order valence-electron chi connectivity index (χ4n) is 9.49. The van der Waals surface area contributed by atoms with E-state index in [2.05, 4.69) is 154 Å². The van der Waals surface area contributed by atoms with E-state index >= 15 is 0 Å². The second kappa shape index (κ2) is 70.0. The molecule has 0 amide bonds. The van der Waals surface area contributed by atoms with E-state index in [9.17, 15) is 14.4 Å². The summed E-state index contributed by atoms with van der Waals surface area (Å²) in [6, 6.07) is 0. The molecule has 472 valence electrons. The Bertz CT molecular complexity index is 1750. The first kappa shape index (κ1) is 78.5. The van der Waals surface area contributed by atoms with Gasteiger partial charge in [-0.3, -0.25) is 14.4 Å². The number of carbonyl (C=O) groups is 3. The van der Waals surface area contributed by atoms with Gasteiger partial charge in [-0.1, -0.05) is 296 Å². The maximum atomic E-state index is 12.9. The van der Waals surface area contributed by atoms with Crippen molar-refractivity contribution < 1.29 is 28.6 Å². The average molecular weight is 1150 g/mol. The van der Waals surface area contributed by atoms with Crippen molar-refractivity contribution in [2.75, 3.05) is 13.2 Å². The molecule has 0 fully saturated rings. The Balaban J connectivity index is 4.37. The van der Waals surface area contributed by atoms with Crippen molar-refractivity contribution in [3.05, 3.63) is 134 Å². The Morgan fingerprint density at radius 2 is 0.470 bits per heavy atom. The van der Waals surface area contributed by atoms with Crippen LogP contribution in [0.5, 0.6) is 0 Å². The smallest absolute Gasteiger partial charge is 0.306 e. The Morgan fingerprint density at radius 1 is 0.253 bits per heavy atom. The number of esters is 3. The molecule has 0 aliphatic carbocycles. The number of allylic oxidation sites excluding steroid dienone is 22. The van der Waals surface area contributed by atoms with Gasteiger partial charge in [0.1, 0.15) is 13.2 Å². The zero-order valence-electron chi connectivity index (χ0n) is 54.2. The number of hydrogen-bond donors (Lipinski definition) is 0. The summed E-state index contributed by atoms with van der Waals surface area (Å²) in [5.41, 5.74) is 0. The van der Waals surface area contributed by atoms with Crippen molar-refractivity contribution in [1.29, 1.82) is 0 Å². The van der Waals surface area contributed by atoms with Crippen molar-refractivity contribution in [1.82, 2.24) is 0 Å². The van der Waals surface area contributed by atoms with Crippen LogP contribution in [-0.4, -0.2) is 37.2 Å². The highest BCUT2D eigenvalue weighted by Gasteiger charge is 2.19. The lowest BCUT2D eigenvalue weighted by atomic mass is 10.0. The van der Waals surface area contributed by atoms with Crippen molar-refractivity contribution in [3.63, 3.8) is 0 Å². The van der Waals surface area contributed by atoms with Crippen LogP contribution in [0.1, 0.15) is 316 Å². The summed E-state index contributed by atoms with van der Waals surface area (Å²) in [6.07, 6.45) is 99.0. The molecule has 0 aliphatic rings. The molecule has 0 bridgehead atoms. The quantitative estimate of drug-likeness (QED) is 0.0261. The van der Waals surface area contributed by atoms with Gasteiger partial charge in [0, 0.05) is 19.3 Å². The number of rotatable bonds is 62. The third kappa shape index (κ3) is 68.2. The van der Waals surface area contributed by atoms with Gasteiger partial charge in [0.25, 0.3) is 0 Å². The molecule has 0 rings (SSSR count). The zero-order chi connectivity index (χ0) is 59.9. The lowest BCUT2D eigenvalue weighted by molar-refractivity contribution is -0.167. The molecule has 0 saturated heterocycles. The minimum Gasteiger partial charge on any atom is -0.462 e. The van der Waals surface area contributed by atoms with Crippen LogP contribution in [0.4, 0.5) is 0 Å². The molecule has 0 heterocycles. The van der Waals surface area contributed by atoms with Gasteiger partial charge >= 0.3 is 17.9 Å². The fourth-order valence-corrected chi connectivity index (χ4v) is 9.49. The van der Waals surface area contributed by atoms with Crippen molar-refractivity contribution >= 4 is 17.9 Å². The Hall–Kier alpha value is -4.45. The van der Waals surface area contributed by atoms with Crippen molar-refractivity contribution in [2.45, 2.75) is 322 Å². The van der Waals surface area contributed by atoms with E-state index < -0.39 is 6.10 Å². The predicted octanol–water partition coefficient (Wildman–Crippen LogP) is 24.1. The zero-order valence-corrected chi connectivity index (χ0v) is 54.2. The molecule has 6 heteroatoms. The van der Waals surface area contributed by atoms with Crippen LogP contribution in [0.15, 0.2) is 134 Å². The Labute approximate surface area is 513 Å². The minimum absolute atomic E-state index is 0.0953. The molecule has 6 nitrogen and oxygen atoms in total. The van der Waals surface area contributed by atoms with Gasteiger partial charge in [0.05, 0.1) is 0 Å². The van der Waals surface area contributed by atoms with E-state index in [0.29, 0.717) is 12.8 Å². The summed E-state index contributed by atoms with van der Waals surface area (Å²) in [7, 11) is 0. The lowest BCUT2D eigenvalue weighted by Crippen LogP contribution is -2.30. The third-order valence-electron chi connectivity index (χ3n) is 14.6. The largest absolute Gasteiger partial charge is 0.462 e. The van der Waals surface area contributed by atoms with Crippen LogP contribution in [0.3, 0.4) is 0 Å². The van der Waals surface area contributed by atoms with Gasteiger partial charge in [-0.2, -0.15) is 0 Å². The van der Waals surface area contributed by atoms with Gasteiger partial charge in [0.2, 0.25) is 0 Å². The standard InChI is InChI=1S/C77H128O6/c1-4-7-10-13-16-19-22-25-28-31-33-34-35-36-37-38-39-40-41-42-44-46-49-52-55-58-61-64-67-70-76(79)82-73-74(72-81-75(78)69-66-63-60-57-54-51-48-45-30-27-24-21-18-15-12-9-6-3)83-77(80)71-68-65-62-59-56-53-50-47-43-32-29-26-23-20-17-14-11-8-5-2/h7-8,10-11,16-17,19-20,25-30,33-34,36-37,43,47,53,56,74H,4-6,9,12-15,18,21-24,31-32,35,38-42,44-46,48-52,54-55,57-73H2,1-3H3/b10-7-,11-8-,19-16-,20-17-,28-25-,29-26-,30-27-,34-33-,37-36-,47-43-,56-53-. The minimum atomic E-state index is -0.803. The molecule has 0 aliphatic heterocycles. The monoisotopic (exact) mass is 1150 g/mol. The lowest BCUT2D eigenvalue weighted by Gasteiger charge is -2.18. The Kier molecular flexibility index (Phi) is 66.3. The summed E-state index contributed by atoms with van der Waals surface area (Å²) >= 11 is 0. The second-order valence-corrected chi connectivity index (χ2v) is 22.7. The summed E-state index contributed by atoms with van der Waals surface area (Å²) in [4.78, 5) is 38.4. The van der Waals surface area contributed by atoms with E-state index in [4.69, 9.17) is 14.2 Å². The van der Waals surface area contributed by atoms with Gasteiger partial charge in [-0.15, -0.1) is 0 Å². The van der Waals surface area contributed by atoms with Gasteiger partial charge < -0.3 is 14.2 Å². The predicted molar refractivity (Wildman–Crippen MR) is 362 cm³/mol. The highest BCUT2D eigenvalue weighted by atomic mass is 16.6. The highest BCUT2D eigenvalue weighted by Crippen LogP contribution is 2.16. The van der Waals surface area contributed by atoms with E-state index in [0.717, 1.165) is 128 Å². The second-order valence-electron chi connectivity index (χ2n) is 22.7. The summed E-state index contributed by atoms with van der Waals surface area (Å²) in [5, 5.41) is 0. The fraction of sp³-hybridized carbons (Fsp3) is 0.675. The first-order chi connectivity index (χ1) is 41.0. The van der Waals surface area contributed by atoms with E-state index in [1.54, 1.807) is 0 Å². The summed E-state index contributed by atoms with van der Waals surface area (Å²) < 4.78 is 17.0. The number of unbranched alkanes of at least 4 members (excludes halogenated alkanes) is 29. The number of ether oxygens (including phenoxy) is 3. The van der Waals surface area contributed by atoms with E-state index in [1.165, 1.54) is 148 Å². The Morgan fingerprint density at radius 3 is 0.759 bits per heavy atom. The molecule has 0 saturated carbocycles. The molecule has 0 aromatic carbocycles.